The quantitative estimate of drug-likeness (QED) is 0.514. The molecule has 70 valence electrons. The van der Waals surface area contributed by atoms with Crippen LogP contribution in [0.15, 0.2) is 0 Å². The molecule has 0 fully saturated rings. The molecule has 0 aliphatic rings. The zero-order valence-corrected chi connectivity index (χ0v) is 7.76. The van der Waals surface area contributed by atoms with Crippen LogP contribution in [0, 0.1) is 0 Å². The molecule has 1 rings (SSSR count). The average molecular weight is 199 g/mol. The molecule has 1 aromatic heterocycles. The number of anilines is 1. The second-order valence-corrected chi connectivity index (χ2v) is 2.89. The first kappa shape index (κ1) is 9.46. The molecule has 6 N–H and O–H groups in total. The number of rotatable bonds is 2. The summed E-state index contributed by atoms with van der Waals surface area (Å²) in [4.78, 5) is 14.6. The Morgan fingerprint density at radius 1 is 1.54 bits per heavy atom. The van der Waals surface area contributed by atoms with Gasteiger partial charge in [-0.1, -0.05) is 12.2 Å². The van der Waals surface area contributed by atoms with Crippen molar-refractivity contribution in [3.05, 3.63) is 11.4 Å². The molecule has 0 unspecified atom stereocenters. The fourth-order valence-corrected chi connectivity index (χ4v) is 1.20. The Kier molecular flexibility index (Phi) is 2.20. The van der Waals surface area contributed by atoms with E-state index in [1.165, 1.54) is 4.57 Å². The molecule has 0 radical (unpaired) electrons. The second kappa shape index (κ2) is 3.02. The van der Waals surface area contributed by atoms with Gasteiger partial charge in [-0.05, 0) is 0 Å². The number of aromatic nitrogens is 2. The van der Waals surface area contributed by atoms with Gasteiger partial charge in [-0.25, -0.2) is 4.98 Å². The van der Waals surface area contributed by atoms with E-state index < -0.39 is 5.91 Å². The number of hydrogen-bond acceptors (Lipinski definition) is 4. The first-order valence-corrected chi connectivity index (χ1v) is 3.77. The molecule has 1 heterocycles. The molecular weight excluding hydrogens is 190 g/mol. The third-order valence-corrected chi connectivity index (χ3v) is 1.79. The molecule has 0 spiro atoms. The van der Waals surface area contributed by atoms with Gasteiger partial charge < -0.3 is 21.8 Å². The Morgan fingerprint density at radius 2 is 2.08 bits per heavy atom. The Balaban J connectivity index is 3.44. The Morgan fingerprint density at radius 3 is 2.38 bits per heavy atom. The first-order chi connectivity index (χ1) is 5.95. The number of hydrogen-bond donors (Lipinski definition) is 3. The summed E-state index contributed by atoms with van der Waals surface area (Å²) in [5.74, 6) is -0.549. The minimum atomic E-state index is -0.699. The van der Waals surface area contributed by atoms with Gasteiger partial charge in [0.1, 0.15) is 10.7 Å². The summed E-state index contributed by atoms with van der Waals surface area (Å²) in [5, 5.41) is 0. The maximum absolute atomic E-state index is 10.9. The number of nitrogens with two attached hydrogens (primary N) is 3. The molecule has 0 saturated carbocycles. The van der Waals surface area contributed by atoms with E-state index >= 15 is 0 Å². The van der Waals surface area contributed by atoms with Crippen LogP contribution in [0.2, 0.25) is 0 Å². The third-order valence-electron chi connectivity index (χ3n) is 1.60. The number of primary amides is 1. The van der Waals surface area contributed by atoms with E-state index in [1.807, 2.05) is 0 Å². The van der Waals surface area contributed by atoms with E-state index in [0.717, 1.165) is 0 Å². The van der Waals surface area contributed by atoms with Crippen molar-refractivity contribution < 1.29 is 4.79 Å². The predicted octanol–water partition coefficient (Wildman–Crippen LogP) is -1.26. The van der Waals surface area contributed by atoms with Gasteiger partial charge in [-0.15, -0.1) is 0 Å². The third kappa shape index (κ3) is 1.45. The zero-order valence-electron chi connectivity index (χ0n) is 6.94. The van der Waals surface area contributed by atoms with Crippen LogP contribution in [0.25, 0.3) is 0 Å². The monoisotopic (exact) mass is 199 g/mol. The molecule has 1 amide bonds. The highest BCUT2D eigenvalue weighted by atomic mass is 32.1. The summed E-state index contributed by atoms with van der Waals surface area (Å²) < 4.78 is 1.42. The largest absolute Gasteiger partial charge is 0.388 e. The van der Waals surface area contributed by atoms with E-state index in [-0.39, 0.29) is 16.6 Å². The lowest BCUT2D eigenvalue weighted by molar-refractivity contribution is 0.0996. The van der Waals surface area contributed by atoms with Crippen LogP contribution in [0.3, 0.4) is 0 Å². The van der Waals surface area contributed by atoms with Crippen LogP contribution in [-0.2, 0) is 7.05 Å². The molecule has 0 saturated heterocycles. The summed E-state index contributed by atoms with van der Waals surface area (Å²) >= 11 is 4.72. The molecule has 1 aromatic rings. The van der Waals surface area contributed by atoms with E-state index in [2.05, 4.69) is 4.98 Å². The van der Waals surface area contributed by atoms with Gasteiger partial charge >= 0.3 is 0 Å². The van der Waals surface area contributed by atoms with Gasteiger partial charge in [0, 0.05) is 7.05 Å². The van der Waals surface area contributed by atoms with Gasteiger partial charge in [0.15, 0.2) is 5.69 Å². The highest BCUT2D eigenvalue weighted by Crippen LogP contribution is 2.10. The van der Waals surface area contributed by atoms with E-state index in [9.17, 15) is 4.79 Å². The van der Waals surface area contributed by atoms with E-state index in [0.29, 0.717) is 5.69 Å². The van der Waals surface area contributed by atoms with E-state index in [1.54, 1.807) is 7.05 Å². The van der Waals surface area contributed by atoms with Crippen molar-refractivity contribution >= 4 is 29.1 Å². The lowest BCUT2D eigenvalue weighted by Gasteiger charge is -2.00. The highest BCUT2D eigenvalue weighted by Gasteiger charge is 2.18. The van der Waals surface area contributed by atoms with Gasteiger partial charge in [0.05, 0.1) is 0 Å². The topological polar surface area (TPSA) is 113 Å². The smallest absolute Gasteiger partial charge is 0.269 e. The molecule has 0 aliphatic heterocycles. The Hall–Kier alpha value is -1.63. The van der Waals surface area contributed by atoms with Crippen molar-refractivity contribution in [2.45, 2.75) is 0 Å². The second-order valence-electron chi connectivity index (χ2n) is 2.45. The number of nitrogens with zero attached hydrogens (tertiary/aromatic N) is 2. The zero-order chi connectivity index (χ0) is 10.2. The Labute approximate surface area is 79.7 Å². The van der Waals surface area contributed by atoms with Crippen molar-refractivity contribution in [1.29, 1.82) is 0 Å². The lowest BCUT2D eigenvalue weighted by atomic mass is 10.3. The normalized spacial score (nSPS) is 9.92. The molecule has 0 aliphatic carbocycles. The predicted molar refractivity (Wildman–Crippen MR) is 52.0 cm³/mol. The van der Waals surface area contributed by atoms with Crippen LogP contribution >= 0.6 is 12.2 Å². The summed E-state index contributed by atoms with van der Waals surface area (Å²) in [6.45, 7) is 0. The van der Waals surface area contributed by atoms with Gasteiger partial charge in [0.25, 0.3) is 5.91 Å². The fourth-order valence-electron chi connectivity index (χ4n) is 0.970. The maximum atomic E-state index is 10.9. The molecule has 6 nitrogen and oxygen atoms in total. The maximum Gasteiger partial charge on any atom is 0.269 e. The molecular formula is C6H9N5OS. The highest BCUT2D eigenvalue weighted by molar-refractivity contribution is 7.80. The minimum Gasteiger partial charge on any atom is -0.388 e. The number of thiocarbonyl (C=S) groups is 1. The van der Waals surface area contributed by atoms with E-state index in [4.69, 9.17) is 29.4 Å². The summed E-state index contributed by atoms with van der Waals surface area (Å²) in [6.07, 6.45) is 0. The summed E-state index contributed by atoms with van der Waals surface area (Å²) in [6, 6.07) is 0. The van der Waals surface area contributed by atoms with Crippen LogP contribution in [0.4, 0.5) is 5.95 Å². The van der Waals surface area contributed by atoms with Gasteiger partial charge in [0.2, 0.25) is 5.95 Å². The summed E-state index contributed by atoms with van der Waals surface area (Å²) in [7, 11) is 1.60. The van der Waals surface area contributed by atoms with Crippen molar-refractivity contribution in [1.82, 2.24) is 9.55 Å². The molecule has 7 heteroatoms. The molecule has 0 bridgehead atoms. The molecule has 0 atom stereocenters. The first-order valence-electron chi connectivity index (χ1n) is 3.37. The van der Waals surface area contributed by atoms with Crippen molar-refractivity contribution in [2.75, 3.05) is 5.73 Å². The molecule has 0 aromatic carbocycles. The van der Waals surface area contributed by atoms with Crippen LogP contribution in [-0.4, -0.2) is 20.4 Å². The average Bonchev–Trinajstić information content (AvgIpc) is 2.28. The summed E-state index contributed by atoms with van der Waals surface area (Å²) in [5.41, 5.74) is 16.2. The SMILES string of the molecule is Cn1c(N)nc(C(N)=O)c1C(N)=S. The lowest BCUT2D eigenvalue weighted by Crippen LogP contribution is -2.21. The van der Waals surface area contributed by atoms with Crippen LogP contribution in [0.5, 0.6) is 0 Å². The minimum absolute atomic E-state index is 0.00694. The number of imidazole rings is 1. The molecule has 13 heavy (non-hydrogen) atoms. The van der Waals surface area contributed by atoms with Crippen LogP contribution < -0.4 is 17.2 Å². The van der Waals surface area contributed by atoms with Gasteiger partial charge in [-0.2, -0.15) is 0 Å². The van der Waals surface area contributed by atoms with Crippen molar-refractivity contribution in [2.24, 2.45) is 18.5 Å². The fraction of sp³-hybridized carbons (Fsp3) is 0.167. The number of amides is 1. The number of nitrogen functional groups attached to an aromatic ring is 1. The standard InChI is InChI=1S/C6H9N5OS/c1-11-3(5(8)13)2(4(7)12)10-6(11)9/h1H3,(H2,7,12)(H2,8,13)(H2,9,10). The van der Waals surface area contributed by atoms with Crippen LogP contribution in [0.1, 0.15) is 16.2 Å². The van der Waals surface area contributed by atoms with Crippen molar-refractivity contribution in [3.63, 3.8) is 0 Å². The number of carbonyl (C=O) groups is 1. The Bertz CT molecular complexity index is 383. The van der Waals surface area contributed by atoms with Gasteiger partial charge in [-0.3, -0.25) is 4.79 Å². The van der Waals surface area contributed by atoms with Crippen molar-refractivity contribution in [3.8, 4) is 0 Å². The number of carbonyl (C=O) groups excluding carboxylic acids is 1.